The van der Waals surface area contributed by atoms with Crippen LogP contribution >= 0.6 is 27.5 Å². The van der Waals surface area contributed by atoms with Crippen molar-refractivity contribution in [3.05, 3.63) is 62.6 Å². The Kier molecular flexibility index (Phi) is 3.91. The number of rotatable bonds is 3. The standard InChI is InChI=1S/C16H13BrClNO2/c17-13-4-3-12(14(18)8-13)9-19-6-5-10-1-2-11(16(20)21)7-15(10)19/h1-4,7-8H,5-6,9H2,(H,20,21). The molecule has 3 rings (SSSR count). The summed E-state index contributed by atoms with van der Waals surface area (Å²) in [7, 11) is 0. The van der Waals surface area contributed by atoms with Crippen LogP contribution in [-0.2, 0) is 13.0 Å². The van der Waals surface area contributed by atoms with E-state index in [9.17, 15) is 4.79 Å². The van der Waals surface area contributed by atoms with Crippen LogP contribution in [0.3, 0.4) is 0 Å². The monoisotopic (exact) mass is 365 g/mol. The van der Waals surface area contributed by atoms with E-state index in [2.05, 4.69) is 20.8 Å². The molecule has 0 aromatic heterocycles. The first-order valence-corrected chi connectivity index (χ1v) is 7.77. The first-order chi connectivity index (χ1) is 10.0. The van der Waals surface area contributed by atoms with E-state index in [1.165, 1.54) is 5.56 Å². The summed E-state index contributed by atoms with van der Waals surface area (Å²) in [4.78, 5) is 13.3. The minimum Gasteiger partial charge on any atom is -0.478 e. The summed E-state index contributed by atoms with van der Waals surface area (Å²) in [5.41, 5.74) is 3.54. The van der Waals surface area contributed by atoms with Gasteiger partial charge in [0.05, 0.1) is 5.56 Å². The van der Waals surface area contributed by atoms with E-state index in [1.54, 1.807) is 12.1 Å². The zero-order chi connectivity index (χ0) is 15.0. The fourth-order valence-corrected chi connectivity index (χ4v) is 3.33. The van der Waals surface area contributed by atoms with Gasteiger partial charge in [-0.2, -0.15) is 0 Å². The van der Waals surface area contributed by atoms with E-state index in [0.717, 1.165) is 28.7 Å². The van der Waals surface area contributed by atoms with E-state index >= 15 is 0 Å². The Hall–Kier alpha value is -1.52. The topological polar surface area (TPSA) is 40.5 Å². The molecular formula is C16H13BrClNO2. The van der Waals surface area contributed by atoms with Gasteiger partial charge in [-0.25, -0.2) is 4.79 Å². The molecule has 1 aliphatic rings. The number of nitrogens with zero attached hydrogens (tertiary/aromatic N) is 1. The Balaban J connectivity index is 1.90. The maximum atomic E-state index is 11.1. The van der Waals surface area contributed by atoms with Crippen LogP contribution in [0.1, 0.15) is 21.5 Å². The Morgan fingerprint density at radius 2 is 2.10 bits per heavy atom. The quantitative estimate of drug-likeness (QED) is 0.877. The zero-order valence-corrected chi connectivity index (χ0v) is 13.5. The fraction of sp³-hybridized carbons (Fsp3) is 0.188. The van der Waals surface area contributed by atoms with Gasteiger partial charge in [0.1, 0.15) is 0 Å². The Morgan fingerprint density at radius 3 is 2.81 bits per heavy atom. The second kappa shape index (κ2) is 5.70. The third-order valence-electron chi connectivity index (χ3n) is 3.70. The van der Waals surface area contributed by atoms with Gasteiger partial charge in [-0.05, 0) is 41.8 Å². The van der Waals surface area contributed by atoms with Crippen molar-refractivity contribution in [3.8, 4) is 0 Å². The summed E-state index contributed by atoms with van der Waals surface area (Å²) in [5.74, 6) is -0.897. The number of fused-ring (bicyclic) bond motifs is 1. The summed E-state index contributed by atoms with van der Waals surface area (Å²) in [6.45, 7) is 1.56. The predicted octanol–water partition coefficient (Wildman–Crippen LogP) is 4.36. The molecule has 1 heterocycles. The molecule has 21 heavy (non-hydrogen) atoms. The number of anilines is 1. The number of hydrogen-bond donors (Lipinski definition) is 1. The lowest BCUT2D eigenvalue weighted by atomic mass is 10.1. The second-order valence-electron chi connectivity index (χ2n) is 5.06. The highest BCUT2D eigenvalue weighted by molar-refractivity contribution is 9.10. The number of aromatic carboxylic acids is 1. The van der Waals surface area contributed by atoms with Gasteiger partial charge >= 0.3 is 5.97 Å². The fourth-order valence-electron chi connectivity index (χ4n) is 2.60. The number of hydrogen-bond acceptors (Lipinski definition) is 2. The van der Waals surface area contributed by atoms with Crippen LogP contribution < -0.4 is 4.90 Å². The molecule has 0 spiro atoms. The van der Waals surface area contributed by atoms with Crippen LogP contribution in [0.5, 0.6) is 0 Å². The SMILES string of the molecule is O=C(O)c1ccc2c(c1)N(Cc1ccc(Br)cc1Cl)CC2. The van der Waals surface area contributed by atoms with Gasteiger partial charge in [-0.3, -0.25) is 0 Å². The third-order valence-corrected chi connectivity index (χ3v) is 4.55. The summed E-state index contributed by atoms with van der Waals surface area (Å²) < 4.78 is 0.950. The minimum atomic E-state index is -0.897. The van der Waals surface area contributed by atoms with Gasteiger partial charge in [0.2, 0.25) is 0 Å². The molecule has 1 aliphatic heterocycles. The number of carboxylic acid groups (broad SMARTS) is 1. The maximum absolute atomic E-state index is 11.1. The van der Waals surface area contributed by atoms with E-state index in [1.807, 2.05) is 24.3 Å². The lowest BCUT2D eigenvalue weighted by molar-refractivity contribution is 0.0697. The molecule has 0 saturated carbocycles. The molecule has 0 bridgehead atoms. The number of halogens is 2. The van der Waals surface area contributed by atoms with Gasteiger partial charge in [-0.1, -0.05) is 39.7 Å². The first-order valence-electron chi connectivity index (χ1n) is 6.59. The van der Waals surface area contributed by atoms with Crippen molar-refractivity contribution < 1.29 is 9.90 Å². The van der Waals surface area contributed by atoms with Gasteiger partial charge in [-0.15, -0.1) is 0 Å². The average Bonchev–Trinajstić information content (AvgIpc) is 2.84. The summed E-state index contributed by atoms with van der Waals surface area (Å²) in [6.07, 6.45) is 0.934. The second-order valence-corrected chi connectivity index (χ2v) is 6.38. The van der Waals surface area contributed by atoms with E-state index in [-0.39, 0.29) is 0 Å². The van der Waals surface area contributed by atoms with Gasteiger partial charge in [0.15, 0.2) is 0 Å². The Bertz CT molecular complexity index is 717. The maximum Gasteiger partial charge on any atom is 0.335 e. The summed E-state index contributed by atoms with van der Waals surface area (Å²) in [6, 6.07) is 11.1. The molecule has 5 heteroatoms. The largest absolute Gasteiger partial charge is 0.478 e. The molecule has 3 nitrogen and oxygen atoms in total. The van der Waals surface area contributed by atoms with Crippen molar-refractivity contribution >= 4 is 39.2 Å². The summed E-state index contributed by atoms with van der Waals surface area (Å²) >= 11 is 9.66. The molecule has 0 unspecified atom stereocenters. The van der Waals surface area contributed by atoms with E-state index in [4.69, 9.17) is 16.7 Å². The Morgan fingerprint density at radius 1 is 1.29 bits per heavy atom. The van der Waals surface area contributed by atoms with Crippen LogP contribution in [0.4, 0.5) is 5.69 Å². The number of carbonyl (C=O) groups is 1. The average molecular weight is 367 g/mol. The molecular weight excluding hydrogens is 354 g/mol. The lowest BCUT2D eigenvalue weighted by Crippen LogP contribution is -2.20. The van der Waals surface area contributed by atoms with Crippen molar-refractivity contribution in [2.24, 2.45) is 0 Å². The van der Waals surface area contributed by atoms with Gasteiger partial charge < -0.3 is 10.0 Å². The molecule has 0 radical (unpaired) electrons. The molecule has 0 saturated heterocycles. The van der Waals surface area contributed by atoms with Crippen molar-refractivity contribution in [2.75, 3.05) is 11.4 Å². The smallest absolute Gasteiger partial charge is 0.335 e. The highest BCUT2D eigenvalue weighted by atomic mass is 79.9. The van der Waals surface area contributed by atoms with E-state index in [0.29, 0.717) is 17.1 Å². The number of benzene rings is 2. The van der Waals surface area contributed by atoms with Crippen molar-refractivity contribution in [3.63, 3.8) is 0 Å². The summed E-state index contributed by atoms with van der Waals surface area (Å²) in [5, 5.41) is 9.84. The van der Waals surface area contributed by atoms with Crippen LogP contribution in [0, 0.1) is 0 Å². The van der Waals surface area contributed by atoms with Crippen LogP contribution in [-0.4, -0.2) is 17.6 Å². The third kappa shape index (κ3) is 2.92. The normalized spacial score (nSPS) is 13.3. The highest BCUT2D eigenvalue weighted by Crippen LogP contribution is 2.32. The molecule has 2 aromatic rings. The Labute approximate surface area is 136 Å². The van der Waals surface area contributed by atoms with Crippen molar-refractivity contribution in [1.82, 2.24) is 0 Å². The molecule has 2 aromatic carbocycles. The first kappa shape index (κ1) is 14.4. The van der Waals surface area contributed by atoms with Crippen molar-refractivity contribution in [2.45, 2.75) is 13.0 Å². The lowest BCUT2D eigenvalue weighted by Gasteiger charge is -2.20. The van der Waals surface area contributed by atoms with Gasteiger partial charge in [0, 0.05) is 28.3 Å². The molecule has 108 valence electrons. The molecule has 0 fully saturated rings. The van der Waals surface area contributed by atoms with Crippen LogP contribution in [0.25, 0.3) is 0 Å². The predicted molar refractivity (Wildman–Crippen MR) is 87.3 cm³/mol. The van der Waals surface area contributed by atoms with Crippen LogP contribution in [0.2, 0.25) is 5.02 Å². The van der Waals surface area contributed by atoms with Crippen molar-refractivity contribution in [1.29, 1.82) is 0 Å². The van der Waals surface area contributed by atoms with E-state index < -0.39 is 5.97 Å². The molecule has 0 aliphatic carbocycles. The number of carboxylic acids is 1. The highest BCUT2D eigenvalue weighted by Gasteiger charge is 2.21. The van der Waals surface area contributed by atoms with Crippen LogP contribution in [0.15, 0.2) is 40.9 Å². The zero-order valence-electron chi connectivity index (χ0n) is 11.1. The van der Waals surface area contributed by atoms with Gasteiger partial charge in [0.25, 0.3) is 0 Å². The molecule has 1 N–H and O–H groups in total. The molecule has 0 atom stereocenters. The molecule has 0 amide bonds. The minimum absolute atomic E-state index is 0.322.